The Morgan fingerprint density at radius 3 is 2.61 bits per heavy atom. The van der Waals surface area contributed by atoms with Gasteiger partial charge in [0, 0.05) is 44.5 Å². The molecule has 0 bridgehead atoms. The average molecular weight is 252 g/mol. The molecule has 0 spiro atoms. The minimum absolute atomic E-state index is 0.145. The molecule has 1 atom stereocenters. The van der Waals surface area contributed by atoms with E-state index in [0.29, 0.717) is 13.0 Å². The van der Waals surface area contributed by atoms with Crippen LogP contribution in [0.15, 0.2) is 12.3 Å². The normalized spacial score (nSPS) is 12.4. The van der Waals surface area contributed by atoms with Gasteiger partial charge in [-0.15, -0.1) is 0 Å². The Labute approximate surface area is 109 Å². The lowest BCUT2D eigenvalue weighted by Crippen LogP contribution is -2.40. The van der Waals surface area contributed by atoms with Crippen molar-refractivity contribution in [1.29, 1.82) is 0 Å². The maximum absolute atomic E-state index is 12.3. The number of hydrogen-bond donors (Lipinski definition) is 1. The molecule has 0 aliphatic carbocycles. The average Bonchev–Trinajstić information content (AvgIpc) is 2.84. The zero-order valence-corrected chi connectivity index (χ0v) is 11.6. The predicted octanol–water partition coefficient (Wildman–Crippen LogP) is 0.889. The van der Waals surface area contributed by atoms with Crippen LogP contribution in [-0.2, 0) is 17.8 Å². The van der Waals surface area contributed by atoms with Crippen LogP contribution < -0.4 is 5.73 Å². The van der Waals surface area contributed by atoms with Crippen LogP contribution in [-0.4, -0.2) is 40.2 Å². The number of carbonyl (C=O) groups excluding carboxylic acids is 1. The Hall–Kier alpha value is -1.36. The van der Waals surface area contributed by atoms with Gasteiger partial charge in [0.1, 0.15) is 0 Å². The van der Waals surface area contributed by atoms with Crippen LogP contribution >= 0.6 is 0 Å². The summed E-state index contributed by atoms with van der Waals surface area (Å²) < 4.78 is 1.91. The third-order valence-electron chi connectivity index (χ3n) is 3.27. The maximum atomic E-state index is 12.3. The molecule has 18 heavy (non-hydrogen) atoms. The lowest BCUT2D eigenvalue weighted by atomic mass is 10.0. The standard InChI is InChI=1S/C13H24N4O/c1-4-16(5-2)13(18)11(10-14)9-12-7-8-15-17(12)6-3/h7-8,11H,4-6,9-10,14H2,1-3H3. The van der Waals surface area contributed by atoms with E-state index in [4.69, 9.17) is 5.73 Å². The summed E-state index contributed by atoms with van der Waals surface area (Å²) in [7, 11) is 0. The monoisotopic (exact) mass is 252 g/mol. The van der Waals surface area contributed by atoms with Gasteiger partial charge in [-0.2, -0.15) is 5.10 Å². The number of aryl methyl sites for hydroxylation is 1. The molecule has 0 fully saturated rings. The van der Waals surface area contributed by atoms with Gasteiger partial charge in [0.05, 0.1) is 5.92 Å². The lowest BCUT2D eigenvalue weighted by molar-refractivity contribution is -0.134. The van der Waals surface area contributed by atoms with Crippen LogP contribution in [0.1, 0.15) is 26.5 Å². The first-order valence-corrected chi connectivity index (χ1v) is 6.67. The number of rotatable bonds is 7. The van der Waals surface area contributed by atoms with Crippen molar-refractivity contribution in [3.8, 4) is 0 Å². The van der Waals surface area contributed by atoms with Crippen LogP contribution in [0.5, 0.6) is 0 Å². The molecule has 0 saturated carbocycles. The van der Waals surface area contributed by atoms with Gasteiger partial charge in [-0.05, 0) is 26.8 Å². The summed E-state index contributed by atoms with van der Waals surface area (Å²) in [6, 6.07) is 1.96. The molecule has 1 heterocycles. The second-order valence-corrected chi connectivity index (χ2v) is 4.29. The molecule has 0 aliphatic heterocycles. The number of aromatic nitrogens is 2. The Balaban J connectivity index is 2.75. The fourth-order valence-corrected chi connectivity index (χ4v) is 2.14. The van der Waals surface area contributed by atoms with E-state index in [2.05, 4.69) is 5.10 Å². The highest BCUT2D eigenvalue weighted by Crippen LogP contribution is 2.11. The van der Waals surface area contributed by atoms with Gasteiger partial charge >= 0.3 is 0 Å². The van der Waals surface area contributed by atoms with Crippen molar-refractivity contribution in [2.45, 2.75) is 33.7 Å². The van der Waals surface area contributed by atoms with Gasteiger partial charge in [-0.3, -0.25) is 9.48 Å². The number of hydrogen-bond acceptors (Lipinski definition) is 3. The van der Waals surface area contributed by atoms with E-state index in [0.717, 1.165) is 25.3 Å². The molecule has 0 radical (unpaired) electrons. The lowest BCUT2D eigenvalue weighted by Gasteiger charge is -2.24. The highest BCUT2D eigenvalue weighted by atomic mass is 16.2. The predicted molar refractivity (Wildman–Crippen MR) is 72.1 cm³/mol. The summed E-state index contributed by atoms with van der Waals surface area (Å²) in [6.07, 6.45) is 2.44. The maximum Gasteiger partial charge on any atom is 0.227 e. The molecular formula is C13H24N4O. The van der Waals surface area contributed by atoms with Crippen molar-refractivity contribution in [2.24, 2.45) is 11.7 Å². The zero-order chi connectivity index (χ0) is 13.5. The third-order valence-corrected chi connectivity index (χ3v) is 3.27. The molecule has 102 valence electrons. The summed E-state index contributed by atoms with van der Waals surface area (Å²) in [5.74, 6) is -0.00162. The largest absolute Gasteiger partial charge is 0.343 e. The fourth-order valence-electron chi connectivity index (χ4n) is 2.14. The first-order chi connectivity index (χ1) is 8.67. The Bertz CT molecular complexity index is 371. The molecule has 1 aromatic heterocycles. The van der Waals surface area contributed by atoms with Crippen LogP contribution in [0.3, 0.4) is 0 Å². The number of carbonyl (C=O) groups is 1. The van der Waals surface area contributed by atoms with Gasteiger partial charge in [0.15, 0.2) is 0 Å². The highest BCUT2D eigenvalue weighted by Gasteiger charge is 2.22. The van der Waals surface area contributed by atoms with E-state index in [9.17, 15) is 4.79 Å². The number of nitrogens with two attached hydrogens (primary N) is 1. The second kappa shape index (κ2) is 7.16. The Morgan fingerprint density at radius 2 is 2.11 bits per heavy atom. The topological polar surface area (TPSA) is 64.2 Å². The summed E-state index contributed by atoms with van der Waals surface area (Å²) in [4.78, 5) is 14.1. The van der Waals surface area contributed by atoms with Gasteiger partial charge in [-0.25, -0.2) is 0 Å². The van der Waals surface area contributed by atoms with Crippen molar-refractivity contribution in [1.82, 2.24) is 14.7 Å². The van der Waals surface area contributed by atoms with Crippen LogP contribution in [0.2, 0.25) is 0 Å². The van der Waals surface area contributed by atoms with Crippen LogP contribution in [0.25, 0.3) is 0 Å². The third kappa shape index (κ3) is 3.32. The fraction of sp³-hybridized carbons (Fsp3) is 0.692. The minimum atomic E-state index is -0.146. The zero-order valence-electron chi connectivity index (χ0n) is 11.6. The Morgan fingerprint density at radius 1 is 1.44 bits per heavy atom. The van der Waals surface area contributed by atoms with E-state index < -0.39 is 0 Å². The summed E-state index contributed by atoms with van der Waals surface area (Å²) in [5.41, 5.74) is 6.83. The van der Waals surface area contributed by atoms with E-state index in [-0.39, 0.29) is 11.8 Å². The molecular weight excluding hydrogens is 228 g/mol. The summed E-state index contributed by atoms with van der Waals surface area (Å²) in [6.45, 7) is 8.69. The number of amides is 1. The Kier molecular flexibility index (Phi) is 5.85. The molecule has 0 aromatic carbocycles. The second-order valence-electron chi connectivity index (χ2n) is 4.29. The van der Waals surface area contributed by atoms with Gasteiger partial charge in [0.2, 0.25) is 5.91 Å². The van der Waals surface area contributed by atoms with Crippen molar-refractivity contribution >= 4 is 5.91 Å². The van der Waals surface area contributed by atoms with E-state index in [1.54, 1.807) is 6.20 Å². The molecule has 0 saturated heterocycles. The van der Waals surface area contributed by atoms with Gasteiger partial charge in [-0.1, -0.05) is 0 Å². The highest BCUT2D eigenvalue weighted by molar-refractivity contribution is 5.79. The molecule has 1 rings (SSSR count). The van der Waals surface area contributed by atoms with E-state index in [1.165, 1.54) is 0 Å². The first kappa shape index (κ1) is 14.7. The van der Waals surface area contributed by atoms with E-state index in [1.807, 2.05) is 36.4 Å². The van der Waals surface area contributed by atoms with Crippen LogP contribution in [0.4, 0.5) is 0 Å². The molecule has 1 amide bonds. The van der Waals surface area contributed by atoms with Crippen molar-refractivity contribution in [3.05, 3.63) is 18.0 Å². The minimum Gasteiger partial charge on any atom is -0.343 e. The molecule has 5 nitrogen and oxygen atoms in total. The van der Waals surface area contributed by atoms with Gasteiger partial charge < -0.3 is 10.6 Å². The van der Waals surface area contributed by atoms with Crippen molar-refractivity contribution in [2.75, 3.05) is 19.6 Å². The smallest absolute Gasteiger partial charge is 0.227 e. The summed E-state index contributed by atoms with van der Waals surface area (Å²) >= 11 is 0. The van der Waals surface area contributed by atoms with E-state index >= 15 is 0 Å². The molecule has 5 heteroatoms. The molecule has 2 N–H and O–H groups in total. The summed E-state index contributed by atoms with van der Waals surface area (Å²) in [5, 5.41) is 4.22. The number of nitrogens with zero attached hydrogens (tertiary/aromatic N) is 3. The molecule has 0 aliphatic rings. The van der Waals surface area contributed by atoms with Crippen molar-refractivity contribution < 1.29 is 4.79 Å². The SMILES string of the molecule is CCN(CC)C(=O)C(CN)Cc1ccnn1CC. The molecule has 1 unspecified atom stereocenters. The quantitative estimate of drug-likeness (QED) is 0.784. The van der Waals surface area contributed by atoms with Crippen LogP contribution in [0, 0.1) is 5.92 Å². The molecule has 1 aromatic rings. The van der Waals surface area contributed by atoms with Gasteiger partial charge in [0.25, 0.3) is 0 Å². The first-order valence-electron chi connectivity index (χ1n) is 6.67. The van der Waals surface area contributed by atoms with Crippen molar-refractivity contribution in [3.63, 3.8) is 0 Å².